The Bertz CT molecular complexity index is 619. The van der Waals surface area contributed by atoms with Crippen molar-refractivity contribution >= 4 is 0 Å². The maximum Gasteiger partial charge on any atom is 0.192 e. The van der Waals surface area contributed by atoms with Crippen LogP contribution in [0.4, 0.5) is 0 Å². The Morgan fingerprint density at radius 1 is 1.33 bits per heavy atom. The molecule has 0 radical (unpaired) electrons. The van der Waals surface area contributed by atoms with Crippen LogP contribution in [-0.2, 0) is 25.6 Å². The van der Waals surface area contributed by atoms with E-state index in [1.54, 1.807) is 13.8 Å². The van der Waals surface area contributed by atoms with Crippen LogP contribution in [0.2, 0.25) is 0 Å². The summed E-state index contributed by atoms with van der Waals surface area (Å²) in [4.78, 5) is 2.76. The van der Waals surface area contributed by atoms with E-state index in [9.17, 15) is 5.11 Å². The van der Waals surface area contributed by atoms with Crippen molar-refractivity contribution in [3.8, 4) is 0 Å². The molecule has 4 atom stereocenters. The molecule has 0 aliphatic carbocycles. The van der Waals surface area contributed by atoms with E-state index in [0.717, 1.165) is 5.56 Å². The molecule has 1 N–H and O–H groups in total. The second-order valence-corrected chi connectivity index (χ2v) is 6.37. The molecule has 1 aromatic carbocycles. The number of aliphatic hydroxyl groups is 1. The van der Waals surface area contributed by atoms with Crippen molar-refractivity contribution in [2.24, 2.45) is 5.11 Å². The van der Waals surface area contributed by atoms with Gasteiger partial charge in [0.1, 0.15) is 6.10 Å². The molecular formula is C16H21N3O5. The molecule has 130 valence electrons. The quantitative estimate of drug-likeness (QED) is 0.487. The number of nitrogens with zero attached hydrogens (tertiary/aromatic N) is 3. The molecular weight excluding hydrogens is 314 g/mol. The number of benzene rings is 1. The van der Waals surface area contributed by atoms with Crippen LogP contribution in [0.3, 0.4) is 0 Å². The molecule has 0 bridgehead atoms. The molecule has 8 nitrogen and oxygen atoms in total. The van der Waals surface area contributed by atoms with Gasteiger partial charge >= 0.3 is 0 Å². The number of ether oxygens (including phenoxy) is 4. The third-order valence-electron chi connectivity index (χ3n) is 4.18. The minimum atomic E-state index is -1.14. The van der Waals surface area contributed by atoms with E-state index in [2.05, 4.69) is 10.0 Å². The summed E-state index contributed by atoms with van der Waals surface area (Å²) in [5, 5.41) is 13.6. The normalized spacial score (nSPS) is 33.9. The molecule has 3 rings (SSSR count). The molecule has 1 aromatic rings. The molecule has 0 saturated carbocycles. The summed E-state index contributed by atoms with van der Waals surface area (Å²) in [6.07, 6.45) is -1.95. The smallest absolute Gasteiger partial charge is 0.192 e. The first-order valence-electron chi connectivity index (χ1n) is 7.81. The van der Waals surface area contributed by atoms with Crippen LogP contribution >= 0.6 is 0 Å². The summed E-state index contributed by atoms with van der Waals surface area (Å²) in [5.41, 5.74) is 8.39. The fraction of sp³-hybridized carbons (Fsp3) is 0.625. The highest BCUT2D eigenvalue weighted by Gasteiger charge is 2.66. The van der Waals surface area contributed by atoms with Crippen LogP contribution in [-0.4, -0.2) is 48.1 Å². The Hall–Kier alpha value is -1.67. The molecule has 0 aromatic heterocycles. The highest BCUT2D eigenvalue weighted by molar-refractivity contribution is 5.14. The molecule has 2 aliphatic rings. The fourth-order valence-corrected chi connectivity index (χ4v) is 3.24. The lowest BCUT2D eigenvalue weighted by atomic mass is 9.96. The van der Waals surface area contributed by atoms with Gasteiger partial charge in [-0.15, -0.1) is 0 Å². The number of hydrogen-bond donors (Lipinski definition) is 1. The predicted octanol–water partition coefficient (Wildman–Crippen LogP) is 2.12. The van der Waals surface area contributed by atoms with Gasteiger partial charge in [-0.2, -0.15) is 0 Å². The zero-order valence-electron chi connectivity index (χ0n) is 13.7. The van der Waals surface area contributed by atoms with Crippen LogP contribution in [0.1, 0.15) is 19.4 Å². The van der Waals surface area contributed by atoms with E-state index in [4.69, 9.17) is 24.5 Å². The number of fused-ring (bicyclic) bond motifs is 1. The van der Waals surface area contributed by atoms with Gasteiger partial charge in [0, 0.05) is 4.91 Å². The molecule has 0 spiro atoms. The molecule has 8 heteroatoms. The summed E-state index contributed by atoms with van der Waals surface area (Å²) < 4.78 is 23.6. The predicted molar refractivity (Wildman–Crippen MR) is 83.8 cm³/mol. The lowest BCUT2D eigenvalue weighted by Crippen LogP contribution is -2.51. The van der Waals surface area contributed by atoms with Crippen molar-refractivity contribution in [3.63, 3.8) is 0 Å². The number of rotatable bonds is 6. The monoisotopic (exact) mass is 335 g/mol. The van der Waals surface area contributed by atoms with E-state index in [-0.39, 0.29) is 13.2 Å². The SMILES string of the molecule is CC1(C)O[C@@H]2[C@@H](CN=[N+]=[N-])O[C@H](OCc3ccccc3)[C@]2(CO)O1. The number of azide groups is 1. The van der Waals surface area contributed by atoms with Crippen LogP contribution in [0.5, 0.6) is 0 Å². The first kappa shape index (κ1) is 17.2. The average Bonchev–Trinajstić information content (AvgIpc) is 3.01. The molecule has 24 heavy (non-hydrogen) atoms. The lowest BCUT2D eigenvalue weighted by molar-refractivity contribution is -0.268. The zero-order chi connectivity index (χ0) is 17.2. The van der Waals surface area contributed by atoms with Crippen LogP contribution in [0.15, 0.2) is 35.4 Å². The highest BCUT2D eigenvalue weighted by atomic mass is 16.8. The summed E-state index contributed by atoms with van der Waals surface area (Å²) in [7, 11) is 0. The van der Waals surface area contributed by atoms with Crippen molar-refractivity contribution in [1.82, 2.24) is 0 Å². The van der Waals surface area contributed by atoms with Crippen molar-refractivity contribution in [2.45, 2.75) is 50.3 Å². The third-order valence-corrected chi connectivity index (χ3v) is 4.18. The summed E-state index contributed by atoms with van der Waals surface area (Å²) >= 11 is 0. The molecule has 2 heterocycles. The van der Waals surface area contributed by atoms with Crippen LogP contribution < -0.4 is 0 Å². The third kappa shape index (κ3) is 3.12. The maximum absolute atomic E-state index is 10.0. The summed E-state index contributed by atoms with van der Waals surface area (Å²) in [6.45, 7) is 3.59. The Morgan fingerprint density at radius 3 is 2.75 bits per heavy atom. The number of hydrogen-bond acceptors (Lipinski definition) is 6. The molecule has 2 aliphatic heterocycles. The standard InChI is InChI=1S/C16H21N3O5/c1-15(2)23-13-12(8-18-19-17)22-14(16(13,10-20)24-15)21-9-11-6-4-3-5-7-11/h3-7,12-14,20H,8-10H2,1-2H3/t12-,13-,14+,16-/m1/s1. The minimum absolute atomic E-state index is 0.0769. The topological polar surface area (TPSA) is 106 Å². The maximum atomic E-state index is 10.0. The fourth-order valence-electron chi connectivity index (χ4n) is 3.24. The second kappa shape index (κ2) is 6.68. The van der Waals surface area contributed by atoms with Crippen LogP contribution in [0.25, 0.3) is 10.4 Å². The largest absolute Gasteiger partial charge is 0.393 e. The van der Waals surface area contributed by atoms with Gasteiger partial charge in [-0.25, -0.2) is 0 Å². The van der Waals surface area contributed by atoms with Gasteiger partial charge < -0.3 is 24.1 Å². The molecule has 0 amide bonds. The van der Waals surface area contributed by atoms with E-state index in [0.29, 0.717) is 6.61 Å². The Morgan fingerprint density at radius 2 is 2.08 bits per heavy atom. The molecule has 0 unspecified atom stereocenters. The van der Waals surface area contributed by atoms with Crippen molar-refractivity contribution < 1.29 is 24.1 Å². The van der Waals surface area contributed by atoms with E-state index >= 15 is 0 Å². The Labute approximate surface area is 139 Å². The van der Waals surface area contributed by atoms with Crippen molar-refractivity contribution in [3.05, 3.63) is 46.3 Å². The first-order chi connectivity index (χ1) is 11.5. The Kier molecular flexibility index (Phi) is 4.78. The number of aliphatic hydroxyl groups excluding tert-OH is 1. The van der Waals surface area contributed by atoms with Gasteiger partial charge in [-0.05, 0) is 24.9 Å². The second-order valence-electron chi connectivity index (χ2n) is 6.37. The van der Waals surface area contributed by atoms with Crippen LogP contribution in [0, 0.1) is 0 Å². The summed E-state index contributed by atoms with van der Waals surface area (Å²) in [5.74, 6) is -0.889. The van der Waals surface area contributed by atoms with Gasteiger partial charge in [0.25, 0.3) is 0 Å². The Balaban J connectivity index is 1.80. The highest BCUT2D eigenvalue weighted by Crippen LogP contribution is 2.47. The molecule has 2 fully saturated rings. The van der Waals surface area contributed by atoms with Gasteiger partial charge in [-0.3, -0.25) is 0 Å². The van der Waals surface area contributed by atoms with E-state index in [1.165, 1.54) is 0 Å². The average molecular weight is 335 g/mol. The van der Waals surface area contributed by atoms with Gasteiger partial charge in [0.2, 0.25) is 0 Å². The van der Waals surface area contributed by atoms with Gasteiger partial charge in [-0.1, -0.05) is 35.4 Å². The zero-order valence-corrected chi connectivity index (χ0v) is 13.7. The van der Waals surface area contributed by atoms with Crippen molar-refractivity contribution in [2.75, 3.05) is 13.2 Å². The van der Waals surface area contributed by atoms with E-state index < -0.39 is 29.9 Å². The van der Waals surface area contributed by atoms with Crippen molar-refractivity contribution in [1.29, 1.82) is 0 Å². The summed E-state index contributed by atoms with van der Waals surface area (Å²) in [6, 6.07) is 9.63. The van der Waals surface area contributed by atoms with E-state index in [1.807, 2.05) is 30.3 Å². The van der Waals surface area contributed by atoms with Gasteiger partial charge in [0.05, 0.1) is 25.9 Å². The first-order valence-corrected chi connectivity index (χ1v) is 7.81. The molecule has 2 saturated heterocycles. The lowest BCUT2D eigenvalue weighted by Gasteiger charge is -2.31. The minimum Gasteiger partial charge on any atom is -0.393 e. The van der Waals surface area contributed by atoms with Gasteiger partial charge in [0.15, 0.2) is 17.7 Å².